The molecule has 1 nitrogen and oxygen atoms in total. The third-order valence-electron chi connectivity index (χ3n) is 1.36. The van der Waals surface area contributed by atoms with E-state index in [-0.39, 0.29) is 4.75 Å². The first kappa shape index (κ1) is 7.84. The fourth-order valence-corrected chi connectivity index (χ4v) is 0.649. The third-order valence-corrected chi connectivity index (χ3v) is 2.64. The van der Waals surface area contributed by atoms with Gasteiger partial charge in [0.05, 0.1) is 10.8 Å². The minimum atomic E-state index is -0.153. The zero-order chi connectivity index (χ0) is 6.62. The van der Waals surface area contributed by atoms with Gasteiger partial charge in [0.15, 0.2) is 0 Å². The van der Waals surface area contributed by atoms with Gasteiger partial charge in [0, 0.05) is 0 Å². The van der Waals surface area contributed by atoms with E-state index in [0.717, 1.165) is 6.42 Å². The number of thioether (sulfide) groups is 1. The zero-order valence-electron chi connectivity index (χ0n) is 5.56. The van der Waals surface area contributed by atoms with Crippen molar-refractivity contribution in [3.05, 3.63) is 0 Å². The molecule has 0 aliphatic rings. The Morgan fingerprint density at radius 2 is 2.25 bits per heavy atom. The van der Waals surface area contributed by atoms with E-state index in [4.69, 9.17) is 5.26 Å². The minimum Gasteiger partial charge on any atom is -0.197 e. The van der Waals surface area contributed by atoms with Crippen LogP contribution in [0.4, 0.5) is 0 Å². The first-order valence-electron chi connectivity index (χ1n) is 2.65. The highest BCUT2D eigenvalue weighted by atomic mass is 32.2. The average molecular weight is 129 g/mol. The lowest BCUT2D eigenvalue weighted by Crippen LogP contribution is -2.13. The predicted molar refractivity (Wildman–Crippen MR) is 37.8 cm³/mol. The van der Waals surface area contributed by atoms with E-state index in [1.807, 2.05) is 20.1 Å². The Morgan fingerprint density at radius 1 is 1.75 bits per heavy atom. The maximum atomic E-state index is 8.51. The second-order valence-electron chi connectivity index (χ2n) is 1.90. The van der Waals surface area contributed by atoms with Gasteiger partial charge in [-0.15, -0.1) is 11.8 Å². The van der Waals surface area contributed by atoms with Crippen LogP contribution in [-0.2, 0) is 0 Å². The second-order valence-corrected chi connectivity index (χ2v) is 3.21. The van der Waals surface area contributed by atoms with E-state index in [1.165, 1.54) is 0 Å². The van der Waals surface area contributed by atoms with Gasteiger partial charge in [-0.25, -0.2) is 0 Å². The molecule has 0 aromatic heterocycles. The fraction of sp³-hybridized carbons (Fsp3) is 0.833. The average Bonchev–Trinajstić information content (AvgIpc) is 1.87. The van der Waals surface area contributed by atoms with Crippen molar-refractivity contribution in [3.63, 3.8) is 0 Å². The fourth-order valence-electron chi connectivity index (χ4n) is 0.269. The normalized spacial score (nSPS) is 16.8. The number of hydrogen-bond donors (Lipinski definition) is 0. The zero-order valence-corrected chi connectivity index (χ0v) is 6.38. The lowest BCUT2D eigenvalue weighted by Gasteiger charge is -2.14. The standard InChI is InChI=1S/C6H11NS/c1-4-6(2,5-7)8-3/h4H2,1-3H3. The van der Waals surface area contributed by atoms with Gasteiger partial charge in [-0.1, -0.05) is 6.92 Å². The van der Waals surface area contributed by atoms with Crippen LogP contribution in [0.3, 0.4) is 0 Å². The van der Waals surface area contributed by atoms with Gasteiger partial charge in [-0.05, 0) is 19.6 Å². The lowest BCUT2D eigenvalue weighted by molar-refractivity contribution is 0.771. The van der Waals surface area contributed by atoms with E-state index >= 15 is 0 Å². The Kier molecular flexibility index (Phi) is 2.93. The van der Waals surface area contributed by atoms with Crippen LogP contribution in [-0.4, -0.2) is 11.0 Å². The van der Waals surface area contributed by atoms with Gasteiger partial charge in [0.1, 0.15) is 0 Å². The van der Waals surface area contributed by atoms with Crippen molar-refractivity contribution >= 4 is 11.8 Å². The summed E-state index contributed by atoms with van der Waals surface area (Å²) in [5.41, 5.74) is 0. The Morgan fingerprint density at radius 3 is 2.25 bits per heavy atom. The molecule has 1 atom stereocenters. The molecular weight excluding hydrogens is 118 g/mol. The molecule has 0 bridgehead atoms. The molecule has 0 saturated heterocycles. The van der Waals surface area contributed by atoms with Crippen LogP contribution in [0.15, 0.2) is 0 Å². The highest BCUT2D eigenvalue weighted by Gasteiger charge is 2.18. The third kappa shape index (κ3) is 1.75. The maximum absolute atomic E-state index is 8.51. The summed E-state index contributed by atoms with van der Waals surface area (Å²) in [6.07, 6.45) is 2.89. The van der Waals surface area contributed by atoms with Crippen LogP contribution in [0, 0.1) is 11.3 Å². The van der Waals surface area contributed by atoms with Crippen LogP contribution in [0.5, 0.6) is 0 Å². The van der Waals surface area contributed by atoms with E-state index < -0.39 is 0 Å². The Hall–Kier alpha value is -0.160. The van der Waals surface area contributed by atoms with Gasteiger partial charge < -0.3 is 0 Å². The minimum absolute atomic E-state index is 0.153. The lowest BCUT2D eigenvalue weighted by atomic mass is 10.1. The number of hydrogen-bond acceptors (Lipinski definition) is 2. The van der Waals surface area contributed by atoms with Gasteiger partial charge in [-0.3, -0.25) is 0 Å². The first-order chi connectivity index (χ1) is 3.68. The van der Waals surface area contributed by atoms with Gasteiger partial charge in [-0.2, -0.15) is 5.26 Å². The Labute approximate surface area is 55.1 Å². The molecule has 8 heavy (non-hydrogen) atoms. The van der Waals surface area contributed by atoms with Crippen molar-refractivity contribution in [2.24, 2.45) is 0 Å². The highest BCUT2D eigenvalue weighted by molar-refractivity contribution is 8.00. The summed E-state index contributed by atoms with van der Waals surface area (Å²) in [5.74, 6) is 0. The smallest absolute Gasteiger partial charge is 0.0990 e. The molecule has 0 radical (unpaired) electrons. The topological polar surface area (TPSA) is 23.8 Å². The maximum Gasteiger partial charge on any atom is 0.0990 e. The summed E-state index contributed by atoms with van der Waals surface area (Å²) >= 11 is 1.61. The summed E-state index contributed by atoms with van der Waals surface area (Å²) in [6.45, 7) is 3.98. The molecule has 0 saturated carbocycles. The quantitative estimate of drug-likeness (QED) is 0.569. The molecule has 1 unspecified atom stereocenters. The van der Waals surface area contributed by atoms with Crippen molar-refractivity contribution in [1.29, 1.82) is 5.26 Å². The Bertz CT molecular complexity index is 99.6. The molecule has 0 heterocycles. The van der Waals surface area contributed by atoms with E-state index in [1.54, 1.807) is 11.8 Å². The predicted octanol–water partition coefficient (Wildman–Crippen LogP) is 2.04. The van der Waals surface area contributed by atoms with Crippen molar-refractivity contribution < 1.29 is 0 Å². The SMILES string of the molecule is CCC(C)(C#N)SC. The molecule has 0 aliphatic carbocycles. The van der Waals surface area contributed by atoms with Crippen molar-refractivity contribution in [2.45, 2.75) is 25.0 Å². The molecule has 0 spiro atoms. The van der Waals surface area contributed by atoms with Gasteiger partial charge in [0.25, 0.3) is 0 Å². The monoisotopic (exact) mass is 129 g/mol. The number of nitrogens with zero attached hydrogens (tertiary/aromatic N) is 1. The molecule has 0 aromatic carbocycles. The van der Waals surface area contributed by atoms with Crippen LogP contribution < -0.4 is 0 Å². The van der Waals surface area contributed by atoms with Crippen LogP contribution in [0.25, 0.3) is 0 Å². The molecule has 0 aliphatic heterocycles. The molecule has 0 rings (SSSR count). The summed E-state index contributed by atoms with van der Waals surface area (Å²) in [6, 6.07) is 2.24. The second kappa shape index (κ2) is 2.99. The molecule has 46 valence electrons. The Balaban J connectivity index is 3.83. The summed E-state index contributed by atoms with van der Waals surface area (Å²) in [5, 5.41) is 8.51. The van der Waals surface area contributed by atoms with Gasteiger partial charge in [0.2, 0.25) is 0 Å². The van der Waals surface area contributed by atoms with Gasteiger partial charge >= 0.3 is 0 Å². The van der Waals surface area contributed by atoms with Crippen LogP contribution in [0.2, 0.25) is 0 Å². The van der Waals surface area contributed by atoms with Crippen molar-refractivity contribution in [1.82, 2.24) is 0 Å². The van der Waals surface area contributed by atoms with Crippen LogP contribution >= 0.6 is 11.8 Å². The number of rotatable bonds is 2. The molecule has 0 N–H and O–H groups in total. The summed E-state index contributed by atoms with van der Waals surface area (Å²) in [7, 11) is 0. The van der Waals surface area contributed by atoms with E-state index in [2.05, 4.69) is 6.07 Å². The molecule has 0 fully saturated rings. The highest BCUT2D eigenvalue weighted by Crippen LogP contribution is 2.23. The molecular formula is C6H11NS. The largest absolute Gasteiger partial charge is 0.197 e. The van der Waals surface area contributed by atoms with E-state index in [0.29, 0.717) is 0 Å². The van der Waals surface area contributed by atoms with Crippen molar-refractivity contribution in [3.8, 4) is 6.07 Å². The molecule has 0 aromatic rings. The first-order valence-corrected chi connectivity index (χ1v) is 3.87. The van der Waals surface area contributed by atoms with Crippen LogP contribution in [0.1, 0.15) is 20.3 Å². The summed E-state index contributed by atoms with van der Waals surface area (Å²) < 4.78 is -0.153. The summed E-state index contributed by atoms with van der Waals surface area (Å²) in [4.78, 5) is 0. The number of nitriles is 1. The molecule has 0 amide bonds. The van der Waals surface area contributed by atoms with Crippen molar-refractivity contribution in [2.75, 3.05) is 6.26 Å². The molecule has 2 heteroatoms. The van der Waals surface area contributed by atoms with E-state index in [9.17, 15) is 0 Å².